The largest absolute Gasteiger partial charge is 0.365 e. The molecule has 1 atom stereocenters. The van der Waals surface area contributed by atoms with E-state index in [1.54, 1.807) is 12.7 Å². The van der Waals surface area contributed by atoms with E-state index in [-0.39, 0.29) is 0 Å². The van der Waals surface area contributed by atoms with Crippen LogP contribution in [-0.2, 0) is 6.54 Å². The molecule has 18 heavy (non-hydrogen) atoms. The van der Waals surface area contributed by atoms with E-state index in [0.717, 1.165) is 17.6 Å². The van der Waals surface area contributed by atoms with Crippen molar-refractivity contribution in [1.29, 1.82) is 0 Å². The third-order valence-electron chi connectivity index (χ3n) is 3.26. The average Bonchev–Trinajstić information content (AvgIpc) is 3.01. The second-order valence-electron chi connectivity index (χ2n) is 4.47. The highest BCUT2D eigenvalue weighted by Crippen LogP contribution is 2.27. The zero-order valence-corrected chi connectivity index (χ0v) is 11.5. The van der Waals surface area contributed by atoms with Crippen LogP contribution in [0.25, 0.3) is 0 Å². The lowest BCUT2D eigenvalue weighted by Crippen LogP contribution is -2.33. The van der Waals surface area contributed by atoms with E-state index in [2.05, 4.69) is 42.0 Å². The van der Waals surface area contributed by atoms with Crippen molar-refractivity contribution in [3.63, 3.8) is 0 Å². The van der Waals surface area contributed by atoms with E-state index in [4.69, 9.17) is 0 Å². The fourth-order valence-electron chi connectivity index (χ4n) is 2.47. The van der Waals surface area contributed by atoms with Crippen LogP contribution in [0.4, 0.5) is 5.69 Å². The van der Waals surface area contributed by atoms with Crippen molar-refractivity contribution in [2.24, 2.45) is 0 Å². The summed E-state index contributed by atoms with van der Waals surface area (Å²) in [5.74, 6) is 0. The van der Waals surface area contributed by atoms with Gasteiger partial charge in [-0.15, -0.1) is 0 Å². The van der Waals surface area contributed by atoms with Crippen molar-refractivity contribution in [1.82, 2.24) is 19.7 Å². The normalized spacial score (nSPS) is 19.4. The molecule has 0 N–H and O–H groups in total. The van der Waals surface area contributed by atoms with Gasteiger partial charge in [0.1, 0.15) is 12.7 Å². The summed E-state index contributed by atoms with van der Waals surface area (Å²) in [6, 6.07) is 2.59. The van der Waals surface area contributed by atoms with Gasteiger partial charge in [-0.05, 0) is 34.8 Å². The van der Waals surface area contributed by atoms with Crippen LogP contribution in [-0.4, -0.2) is 32.3 Å². The molecule has 1 aliphatic heterocycles. The van der Waals surface area contributed by atoms with Crippen molar-refractivity contribution >= 4 is 21.6 Å². The minimum atomic E-state index is 0.475. The smallest absolute Gasteiger partial charge is 0.137 e. The molecule has 0 spiro atoms. The van der Waals surface area contributed by atoms with Gasteiger partial charge in [0, 0.05) is 23.3 Å². The summed E-state index contributed by atoms with van der Waals surface area (Å²) < 4.78 is 2.92. The SMILES string of the molecule is Brc1cncc(N2CCC[C@H]2Cn2cncn2)c1. The molecule has 0 amide bonds. The molecular formula is C12H14BrN5. The van der Waals surface area contributed by atoms with Crippen molar-refractivity contribution in [2.75, 3.05) is 11.4 Å². The molecule has 0 saturated carbocycles. The summed E-state index contributed by atoms with van der Waals surface area (Å²) >= 11 is 3.47. The first kappa shape index (κ1) is 11.6. The number of rotatable bonds is 3. The zero-order chi connectivity index (χ0) is 12.4. The number of anilines is 1. The Balaban J connectivity index is 1.79. The molecule has 3 heterocycles. The number of pyridine rings is 1. The number of aromatic nitrogens is 4. The van der Waals surface area contributed by atoms with Crippen LogP contribution in [0, 0.1) is 0 Å². The molecule has 0 radical (unpaired) electrons. The molecule has 5 nitrogen and oxygen atoms in total. The summed E-state index contributed by atoms with van der Waals surface area (Å²) in [7, 11) is 0. The quantitative estimate of drug-likeness (QED) is 0.871. The highest BCUT2D eigenvalue weighted by atomic mass is 79.9. The molecule has 0 unspecified atom stereocenters. The van der Waals surface area contributed by atoms with Crippen LogP contribution in [0.15, 0.2) is 35.6 Å². The maximum atomic E-state index is 4.24. The standard InChI is InChI=1S/C12H14BrN5/c13-10-4-12(6-14-5-10)18-3-1-2-11(18)7-17-9-15-8-16-17/h4-6,8-9,11H,1-3,7H2/t11-/m0/s1. The van der Waals surface area contributed by atoms with Gasteiger partial charge < -0.3 is 4.90 Å². The summed E-state index contributed by atoms with van der Waals surface area (Å²) in [6.45, 7) is 1.96. The van der Waals surface area contributed by atoms with Crippen LogP contribution in [0.1, 0.15) is 12.8 Å². The second-order valence-corrected chi connectivity index (χ2v) is 5.38. The average molecular weight is 308 g/mol. The van der Waals surface area contributed by atoms with E-state index in [1.165, 1.54) is 18.5 Å². The van der Waals surface area contributed by atoms with Gasteiger partial charge in [-0.1, -0.05) is 0 Å². The van der Waals surface area contributed by atoms with Crippen LogP contribution in [0.2, 0.25) is 0 Å². The lowest BCUT2D eigenvalue weighted by atomic mass is 10.2. The molecule has 3 rings (SSSR count). The topological polar surface area (TPSA) is 46.8 Å². The first-order valence-electron chi connectivity index (χ1n) is 6.02. The third-order valence-corrected chi connectivity index (χ3v) is 3.70. The van der Waals surface area contributed by atoms with Gasteiger partial charge >= 0.3 is 0 Å². The minimum absolute atomic E-state index is 0.475. The van der Waals surface area contributed by atoms with Gasteiger partial charge in [-0.25, -0.2) is 4.98 Å². The minimum Gasteiger partial charge on any atom is -0.365 e. The fraction of sp³-hybridized carbons (Fsp3) is 0.417. The van der Waals surface area contributed by atoms with E-state index >= 15 is 0 Å². The van der Waals surface area contributed by atoms with Gasteiger partial charge in [0.2, 0.25) is 0 Å². The molecule has 2 aromatic heterocycles. The van der Waals surface area contributed by atoms with Crippen LogP contribution >= 0.6 is 15.9 Å². The van der Waals surface area contributed by atoms with Crippen molar-refractivity contribution in [3.8, 4) is 0 Å². The van der Waals surface area contributed by atoms with E-state index in [1.807, 2.05) is 17.1 Å². The number of hydrogen-bond acceptors (Lipinski definition) is 4. The summed E-state index contributed by atoms with van der Waals surface area (Å²) in [5.41, 5.74) is 1.17. The first-order chi connectivity index (χ1) is 8.83. The highest BCUT2D eigenvalue weighted by molar-refractivity contribution is 9.10. The Bertz CT molecular complexity index is 513. The highest BCUT2D eigenvalue weighted by Gasteiger charge is 2.25. The maximum absolute atomic E-state index is 4.24. The zero-order valence-electron chi connectivity index (χ0n) is 9.91. The Morgan fingerprint density at radius 2 is 2.28 bits per heavy atom. The Labute approximate surface area is 114 Å². The molecule has 6 heteroatoms. The number of nitrogens with zero attached hydrogens (tertiary/aromatic N) is 5. The van der Waals surface area contributed by atoms with Crippen molar-refractivity contribution in [3.05, 3.63) is 35.6 Å². The Kier molecular flexibility index (Phi) is 3.27. The molecule has 94 valence electrons. The van der Waals surface area contributed by atoms with Crippen molar-refractivity contribution < 1.29 is 0 Å². The predicted molar refractivity (Wildman–Crippen MR) is 72.3 cm³/mol. The first-order valence-corrected chi connectivity index (χ1v) is 6.82. The summed E-state index contributed by atoms with van der Waals surface area (Å²) in [5, 5.41) is 4.18. The molecule has 0 aliphatic carbocycles. The Morgan fingerprint density at radius 1 is 1.33 bits per heavy atom. The van der Waals surface area contributed by atoms with Crippen LogP contribution < -0.4 is 4.90 Å². The molecule has 1 aliphatic rings. The number of hydrogen-bond donors (Lipinski definition) is 0. The lowest BCUT2D eigenvalue weighted by Gasteiger charge is -2.26. The van der Waals surface area contributed by atoms with E-state index < -0.39 is 0 Å². The molecule has 0 bridgehead atoms. The van der Waals surface area contributed by atoms with Crippen molar-refractivity contribution in [2.45, 2.75) is 25.4 Å². The fourth-order valence-corrected chi connectivity index (χ4v) is 2.82. The van der Waals surface area contributed by atoms with Gasteiger partial charge in [-0.3, -0.25) is 9.67 Å². The summed E-state index contributed by atoms with van der Waals surface area (Å²) in [6.07, 6.45) is 9.49. The van der Waals surface area contributed by atoms with E-state index in [0.29, 0.717) is 6.04 Å². The third kappa shape index (κ3) is 2.38. The van der Waals surface area contributed by atoms with Crippen LogP contribution in [0.3, 0.4) is 0 Å². The number of halogens is 1. The van der Waals surface area contributed by atoms with Gasteiger partial charge in [0.25, 0.3) is 0 Å². The predicted octanol–water partition coefficient (Wildman–Crippen LogP) is 2.10. The molecule has 1 fully saturated rings. The van der Waals surface area contributed by atoms with Gasteiger partial charge in [0.05, 0.1) is 18.4 Å². The van der Waals surface area contributed by atoms with E-state index in [9.17, 15) is 0 Å². The molecular weight excluding hydrogens is 294 g/mol. The monoisotopic (exact) mass is 307 g/mol. The maximum Gasteiger partial charge on any atom is 0.137 e. The van der Waals surface area contributed by atoms with Gasteiger partial charge in [-0.2, -0.15) is 5.10 Å². The summed E-state index contributed by atoms with van der Waals surface area (Å²) in [4.78, 5) is 10.6. The molecule has 1 saturated heterocycles. The second kappa shape index (κ2) is 5.06. The molecule has 2 aromatic rings. The Hall–Kier alpha value is -1.43. The van der Waals surface area contributed by atoms with Gasteiger partial charge in [0.15, 0.2) is 0 Å². The lowest BCUT2D eigenvalue weighted by molar-refractivity contribution is 0.508. The molecule has 0 aromatic carbocycles. The Morgan fingerprint density at radius 3 is 3.06 bits per heavy atom. The van der Waals surface area contributed by atoms with Crippen LogP contribution in [0.5, 0.6) is 0 Å².